The van der Waals surface area contributed by atoms with Crippen molar-refractivity contribution in [1.82, 2.24) is 9.80 Å². The predicted octanol–water partition coefficient (Wildman–Crippen LogP) is 8.23. The van der Waals surface area contributed by atoms with E-state index in [0.29, 0.717) is 35.4 Å². The second-order valence-electron chi connectivity index (χ2n) is 12.0. The maximum atomic E-state index is 11.1. The first kappa shape index (κ1) is 30.5. The minimum absolute atomic E-state index is 0.364. The Morgan fingerprint density at radius 2 is 1.03 bits per heavy atom. The lowest BCUT2D eigenvalue weighted by Crippen LogP contribution is -2.58. The number of benzene rings is 2. The van der Waals surface area contributed by atoms with Crippen LogP contribution in [0.1, 0.15) is 124 Å². The first-order valence-corrected chi connectivity index (χ1v) is 15.1. The molecule has 1 aliphatic rings. The molecule has 2 aromatic carbocycles. The Balaban J connectivity index is 1.87. The predicted molar refractivity (Wildman–Crippen MR) is 162 cm³/mol. The number of piperazine rings is 1. The number of hydrogen-bond donors (Lipinski definition) is 2. The molecule has 4 unspecified atom stereocenters. The second kappa shape index (κ2) is 12.9. The van der Waals surface area contributed by atoms with E-state index in [0.717, 1.165) is 74.1 Å². The number of hydrogen-bond acceptors (Lipinski definition) is 4. The summed E-state index contributed by atoms with van der Waals surface area (Å²) in [7, 11) is 0. The third kappa shape index (κ3) is 5.92. The molecule has 1 aliphatic heterocycles. The molecule has 212 valence electrons. The van der Waals surface area contributed by atoms with Crippen molar-refractivity contribution in [3.05, 3.63) is 56.6 Å². The van der Waals surface area contributed by atoms with Crippen LogP contribution in [0.25, 0.3) is 0 Å². The van der Waals surface area contributed by atoms with Crippen LogP contribution in [0, 0.1) is 27.7 Å². The highest BCUT2D eigenvalue weighted by Crippen LogP contribution is 2.38. The minimum atomic E-state index is 0.364. The highest BCUT2D eigenvalue weighted by molar-refractivity contribution is 5.51. The summed E-state index contributed by atoms with van der Waals surface area (Å²) in [5.41, 5.74) is 9.43. The molecular weight excluding hydrogens is 468 g/mol. The van der Waals surface area contributed by atoms with Gasteiger partial charge in [-0.05, 0) is 110 Å². The molecule has 0 aromatic heterocycles. The van der Waals surface area contributed by atoms with Gasteiger partial charge in [0.15, 0.2) is 0 Å². The summed E-state index contributed by atoms with van der Waals surface area (Å²) in [5.74, 6) is 1.71. The average Bonchev–Trinajstić information content (AvgIpc) is 2.91. The molecule has 0 saturated carbocycles. The summed E-state index contributed by atoms with van der Waals surface area (Å²) < 4.78 is 0. The number of aromatic hydroxyl groups is 2. The number of nitrogens with zero attached hydrogens (tertiary/aromatic N) is 2. The van der Waals surface area contributed by atoms with E-state index in [1.54, 1.807) is 0 Å². The molecule has 0 amide bonds. The number of aryl methyl sites for hydroxylation is 2. The van der Waals surface area contributed by atoms with Crippen LogP contribution in [0.2, 0.25) is 0 Å². The molecule has 1 heterocycles. The fourth-order valence-electron chi connectivity index (χ4n) is 6.70. The molecule has 0 radical (unpaired) electrons. The maximum Gasteiger partial charge on any atom is 0.122 e. The van der Waals surface area contributed by atoms with Gasteiger partial charge in [0.1, 0.15) is 11.5 Å². The third-order valence-electron chi connectivity index (χ3n) is 9.76. The largest absolute Gasteiger partial charge is 0.507 e. The Morgan fingerprint density at radius 1 is 0.684 bits per heavy atom. The fraction of sp³-hybridized carbons (Fsp3) is 0.647. The summed E-state index contributed by atoms with van der Waals surface area (Å²) in [6.45, 7) is 25.8. The molecule has 3 rings (SSSR count). The van der Waals surface area contributed by atoms with Gasteiger partial charge in [0.2, 0.25) is 0 Å². The zero-order valence-electron chi connectivity index (χ0n) is 25.9. The summed E-state index contributed by atoms with van der Waals surface area (Å²) >= 11 is 0. The van der Waals surface area contributed by atoms with Crippen molar-refractivity contribution in [2.75, 3.05) is 13.1 Å². The lowest BCUT2D eigenvalue weighted by Gasteiger charge is -2.48. The van der Waals surface area contributed by atoms with Gasteiger partial charge >= 0.3 is 0 Å². The Kier molecular flexibility index (Phi) is 10.3. The first-order valence-electron chi connectivity index (χ1n) is 15.1. The lowest BCUT2D eigenvalue weighted by atomic mass is 9.88. The van der Waals surface area contributed by atoms with E-state index in [-0.39, 0.29) is 0 Å². The molecule has 2 N–H and O–H groups in total. The summed E-state index contributed by atoms with van der Waals surface area (Å²) in [6, 6.07) is 5.36. The van der Waals surface area contributed by atoms with Crippen molar-refractivity contribution in [3.63, 3.8) is 0 Å². The zero-order chi connectivity index (χ0) is 28.3. The Bertz CT molecular complexity index is 1020. The smallest absolute Gasteiger partial charge is 0.122 e. The second-order valence-corrected chi connectivity index (χ2v) is 12.0. The van der Waals surface area contributed by atoms with Crippen molar-refractivity contribution < 1.29 is 10.2 Å². The topological polar surface area (TPSA) is 46.9 Å². The molecule has 4 atom stereocenters. The van der Waals surface area contributed by atoms with Gasteiger partial charge in [0.05, 0.1) is 0 Å². The molecule has 4 heteroatoms. The van der Waals surface area contributed by atoms with Crippen LogP contribution in [0.15, 0.2) is 12.1 Å². The van der Waals surface area contributed by atoms with Crippen LogP contribution in [0.3, 0.4) is 0 Å². The van der Waals surface area contributed by atoms with Gasteiger partial charge in [-0.3, -0.25) is 9.80 Å². The van der Waals surface area contributed by atoms with Crippen LogP contribution in [-0.4, -0.2) is 45.2 Å². The van der Waals surface area contributed by atoms with E-state index in [1.807, 2.05) is 0 Å². The van der Waals surface area contributed by atoms with Crippen LogP contribution < -0.4 is 0 Å². The number of phenols is 2. The van der Waals surface area contributed by atoms with E-state index in [9.17, 15) is 10.2 Å². The van der Waals surface area contributed by atoms with E-state index in [1.165, 1.54) is 22.3 Å². The molecular formula is C34H54N2O2. The van der Waals surface area contributed by atoms with E-state index >= 15 is 0 Å². The van der Waals surface area contributed by atoms with E-state index in [4.69, 9.17) is 0 Å². The molecule has 2 aromatic rings. The zero-order valence-corrected chi connectivity index (χ0v) is 25.9. The molecule has 0 spiro atoms. The van der Waals surface area contributed by atoms with Crippen molar-refractivity contribution in [3.8, 4) is 11.5 Å². The van der Waals surface area contributed by atoms with Crippen molar-refractivity contribution >= 4 is 0 Å². The summed E-state index contributed by atoms with van der Waals surface area (Å²) in [4.78, 5) is 5.32. The standard InChI is InChI=1S/C34H54N2O2/c1-11-21(5)27-17-23(7)29(25(9)33(27)37)19-35-15-16-36(32(14-4)31(35)13-3)20-30-24(8)18-28(22(6)12-2)34(38)26(30)10/h17-18,21-22,31-32,37-38H,11-16,19-20H2,1-10H3. The Hall–Kier alpha value is -2.04. The van der Waals surface area contributed by atoms with Crippen molar-refractivity contribution in [1.29, 1.82) is 0 Å². The third-order valence-corrected chi connectivity index (χ3v) is 9.76. The monoisotopic (exact) mass is 522 g/mol. The Labute approximate surface area is 233 Å². The van der Waals surface area contributed by atoms with Crippen LogP contribution in [-0.2, 0) is 13.1 Å². The summed E-state index contributed by atoms with van der Waals surface area (Å²) in [5, 5.41) is 22.1. The molecule has 38 heavy (non-hydrogen) atoms. The number of rotatable bonds is 10. The molecule has 0 bridgehead atoms. The lowest BCUT2D eigenvalue weighted by molar-refractivity contribution is 0.00509. The van der Waals surface area contributed by atoms with E-state index in [2.05, 4.69) is 91.2 Å². The van der Waals surface area contributed by atoms with Gasteiger partial charge in [-0.1, -0.05) is 53.7 Å². The normalized spacial score (nSPS) is 20.6. The van der Waals surface area contributed by atoms with Crippen molar-refractivity contribution in [2.24, 2.45) is 0 Å². The first-order chi connectivity index (χ1) is 18.0. The van der Waals surface area contributed by atoms with Gasteiger partial charge in [-0.25, -0.2) is 0 Å². The molecule has 4 nitrogen and oxygen atoms in total. The summed E-state index contributed by atoms with van der Waals surface area (Å²) in [6.07, 6.45) is 4.25. The SMILES string of the molecule is CCC(C)c1cc(C)c(CN2CCN(Cc3c(C)cc(C(C)CC)c(O)c3C)C(CC)C2CC)c(C)c1O. The Morgan fingerprint density at radius 3 is 1.32 bits per heavy atom. The fourth-order valence-corrected chi connectivity index (χ4v) is 6.70. The van der Waals surface area contributed by atoms with Crippen molar-refractivity contribution in [2.45, 2.75) is 132 Å². The van der Waals surface area contributed by atoms with Gasteiger partial charge in [-0.2, -0.15) is 0 Å². The van der Waals surface area contributed by atoms with Gasteiger partial charge in [0.25, 0.3) is 0 Å². The van der Waals surface area contributed by atoms with Gasteiger partial charge in [-0.15, -0.1) is 0 Å². The number of phenolic OH excluding ortho intramolecular Hbond substituents is 2. The van der Waals surface area contributed by atoms with Gasteiger partial charge in [0, 0.05) is 38.3 Å². The molecule has 1 saturated heterocycles. The van der Waals surface area contributed by atoms with Crippen LogP contribution in [0.5, 0.6) is 11.5 Å². The average molecular weight is 523 g/mol. The van der Waals surface area contributed by atoms with Gasteiger partial charge < -0.3 is 10.2 Å². The van der Waals surface area contributed by atoms with Crippen LogP contribution >= 0.6 is 0 Å². The molecule has 0 aliphatic carbocycles. The highest BCUT2D eigenvalue weighted by atomic mass is 16.3. The molecule has 1 fully saturated rings. The minimum Gasteiger partial charge on any atom is -0.507 e. The highest BCUT2D eigenvalue weighted by Gasteiger charge is 2.35. The van der Waals surface area contributed by atoms with Crippen LogP contribution in [0.4, 0.5) is 0 Å². The maximum absolute atomic E-state index is 11.1. The van der Waals surface area contributed by atoms with E-state index < -0.39 is 0 Å². The quantitative estimate of drug-likeness (QED) is 0.330.